The number of carbonyl (C=O) groups is 1. The van der Waals surface area contributed by atoms with Crippen LogP contribution in [-0.4, -0.2) is 28.4 Å². The molecule has 0 radical (unpaired) electrons. The lowest BCUT2D eigenvalue weighted by Crippen LogP contribution is -2.54. The van der Waals surface area contributed by atoms with Gasteiger partial charge in [-0.3, -0.25) is 0 Å². The SMILES string of the molecule is O=C(O)C1=CNC(=S)NC1C(F)(F)F. The lowest BCUT2D eigenvalue weighted by atomic mass is 10.1. The Morgan fingerprint density at radius 1 is 1.57 bits per heavy atom. The normalized spacial score (nSPS) is 22.1. The molecule has 0 saturated heterocycles. The summed E-state index contributed by atoms with van der Waals surface area (Å²) in [7, 11) is 0. The van der Waals surface area contributed by atoms with Gasteiger partial charge in [-0.05, 0) is 12.2 Å². The average Bonchev–Trinajstić information content (AvgIpc) is 2.01. The van der Waals surface area contributed by atoms with Gasteiger partial charge in [0.1, 0.15) is 0 Å². The van der Waals surface area contributed by atoms with Crippen molar-refractivity contribution in [1.82, 2.24) is 10.6 Å². The third-order valence-electron chi connectivity index (χ3n) is 1.52. The fourth-order valence-corrected chi connectivity index (χ4v) is 1.10. The Morgan fingerprint density at radius 2 is 2.14 bits per heavy atom. The van der Waals surface area contributed by atoms with Crippen LogP contribution in [0.15, 0.2) is 11.8 Å². The van der Waals surface area contributed by atoms with Gasteiger partial charge in [-0.2, -0.15) is 13.2 Å². The number of carboxylic acid groups (broad SMARTS) is 1. The third kappa shape index (κ3) is 2.13. The van der Waals surface area contributed by atoms with Crippen molar-refractivity contribution in [3.05, 3.63) is 11.8 Å². The Bertz CT molecular complexity index is 313. The molecule has 1 aliphatic heterocycles. The van der Waals surface area contributed by atoms with E-state index in [-0.39, 0.29) is 5.11 Å². The summed E-state index contributed by atoms with van der Waals surface area (Å²) in [6.45, 7) is 0. The average molecular weight is 226 g/mol. The summed E-state index contributed by atoms with van der Waals surface area (Å²) in [5, 5.41) is 12.2. The van der Waals surface area contributed by atoms with Crippen molar-refractivity contribution in [1.29, 1.82) is 0 Å². The van der Waals surface area contributed by atoms with Crippen molar-refractivity contribution in [3.8, 4) is 0 Å². The summed E-state index contributed by atoms with van der Waals surface area (Å²) in [5.74, 6) is -1.64. The van der Waals surface area contributed by atoms with E-state index in [1.807, 2.05) is 5.32 Å². The Labute approximate surface area is 81.8 Å². The van der Waals surface area contributed by atoms with E-state index in [4.69, 9.17) is 5.11 Å². The summed E-state index contributed by atoms with van der Waals surface area (Å²) in [6.07, 6.45) is -3.95. The molecule has 78 valence electrons. The van der Waals surface area contributed by atoms with E-state index in [9.17, 15) is 18.0 Å². The predicted octanol–water partition coefficient (Wildman–Crippen LogP) is 0.363. The monoisotopic (exact) mass is 226 g/mol. The van der Waals surface area contributed by atoms with Gasteiger partial charge in [0.25, 0.3) is 0 Å². The highest BCUT2D eigenvalue weighted by atomic mass is 32.1. The Balaban J connectivity index is 3.01. The molecule has 8 heteroatoms. The van der Waals surface area contributed by atoms with Gasteiger partial charge >= 0.3 is 12.1 Å². The zero-order chi connectivity index (χ0) is 10.9. The van der Waals surface area contributed by atoms with E-state index in [0.29, 0.717) is 0 Å². The maximum atomic E-state index is 12.3. The molecule has 0 aromatic heterocycles. The first kappa shape index (κ1) is 10.8. The number of carboxylic acids is 1. The molecule has 0 spiro atoms. The standard InChI is InChI=1S/C6H5F3N2O2S/c7-6(8,9)3-2(4(12)13)1-10-5(14)11-3/h1,3H,(H,12,13)(H2,10,11,14). The van der Waals surface area contributed by atoms with E-state index in [1.54, 1.807) is 0 Å². The minimum Gasteiger partial charge on any atom is -0.478 e. The molecule has 0 amide bonds. The number of thiocarbonyl (C=S) groups is 1. The van der Waals surface area contributed by atoms with Gasteiger partial charge in [0.05, 0.1) is 5.57 Å². The fraction of sp³-hybridized carbons (Fsp3) is 0.333. The van der Waals surface area contributed by atoms with Crippen LogP contribution in [0.5, 0.6) is 0 Å². The molecule has 0 aliphatic carbocycles. The second-order valence-electron chi connectivity index (χ2n) is 2.50. The molecule has 0 bridgehead atoms. The maximum absolute atomic E-state index is 12.3. The molecule has 1 rings (SSSR count). The zero-order valence-corrected chi connectivity index (χ0v) is 7.37. The molecule has 3 N–H and O–H groups in total. The quantitative estimate of drug-likeness (QED) is 0.564. The molecule has 1 heterocycles. The summed E-state index contributed by atoms with van der Waals surface area (Å²) >= 11 is 4.43. The number of aliphatic carboxylic acids is 1. The van der Waals surface area contributed by atoms with Crippen LogP contribution < -0.4 is 10.6 Å². The van der Waals surface area contributed by atoms with Crippen molar-refractivity contribution in [2.45, 2.75) is 12.2 Å². The summed E-state index contributed by atoms with van der Waals surface area (Å²) in [4.78, 5) is 10.4. The predicted molar refractivity (Wildman–Crippen MR) is 44.4 cm³/mol. The van der Waals surface area contributed by atoms with Gasteiger partial charge in [0.15, 0.2) is 11.2 Å². The smallest absolute Gasteiger partial charge is 0.413 e. The maximum Gasteiger partial charge on any atom is 0.413 e. The second-order valence-corrected chi connectivity index (χ2v) is 2.91. The topological polar surface area (TPSA) is 61.4 Å². The van der Waals surface area contributed by atoms with E-state index in [0.717, 1.165) is 6.20 Å². The number of alkyl halides is 3. The number of hydrogen-bond acceptors (Lipinski definition) is 2. The molecule has 0 fully saturated rings. The lowest BCUT2D eigenvalue weighted by Gasteiger charge is -2.26. The fourth-order valence-electron chi connectivity index (χ4n) is 0.921. The second kappa shape index (κ2) is 3.45. The number of hydrogen-bond donors (Lipinski definition) is 3. The van der Waals surface area contributed by atoms with Crippen molar-refractivity contribution < 1.29 is 23.1 Å². The summed E-state index contributed by atoms with van der Waals surface area (Å²) < 4.78 is 36.8. The zero-order valence-electron chi connectivity index (χ0n) is 6.55. The van der Waals surface area contributed by atoms with Crippen LogP contribution >= 0.6 is 12.2 Å². The highest BCUT2D eigenvalue weighted by molar-refractivity contribution is 7.80. The first-order valence-corrected chi connectivity index (χ1v) is 3.80. The third-order valence-corrected chi connectivity index (χ3v) is 1.76. The van der Waals surface area contributed by atoms with E-state index in [1.165, 1.54) is 0 Å². The lowest BCUT2D eigenvalue weighted by molar-refractivity contribution is -0.153. The van der Waals surface area contributed by atoms with Crippen LogP contribution in [0, 0.1) is 0 Å². The highest BCUT2D eigenvalue weighted by Crippen LogP contribution is 2.26. The van der Waals surface area contributed by atoms with Crippen LogP contribution in [0.25, 0.3) is 0 Å². The number of halogens is 3. The van der Waals surface area contributed by atoms with Crippen LogP contribution in [0.1, 0.15) is 0 Å². The largest absolute Gasteiger partial charge is 0.478 e. The van der Waals surface area contributed by atoms with E-state index < -0.39 is 23.8 Å². The molecule has 14 heavy (non-hydrogen) atoms. The highest BCUT2D eigenvalue weighted by Gasteiger charge is 2.46. The molecule has 1 unspecified atom stereocenters. The van der Waals surface area contributed by atoms with Gasteiger partial charge in [-0.1, -0.05) is 0 Å². The molecule has 4 nitrogen and oxygen atoms in total. The summed E-state index contributed by atoms with van der Waals surface area (Å²) in [5.41, 5.74) is -0.814. The minimum atomic E-state index is -4.68. The Hall–Kier alpha value is -1.31. The number of nitrogens with one attached hydrogen (secondary N) is 2. The molecule has 0 aromatic rings. The van der Waals surface area contributed by atoms with Crippen LogP contribution in [0.3, 0.4) is 0 Å². The van der Waals surface area contributed by atoms with Crippen LogP contribution in [0.2, 0.25) is 0 Å². The van der Waals surface area contributed by atoms with Crippen LogP contribution in [-0.2, 0) is 4.79 Å². The van der Waals surface area contributed by atoms with Crippen molar-refractivity contribution in [3.63, 3.8) is 0 Å². The molecule has 0 aromatic carbocycles. The Morgan fingerprint density at radius 3 is 2.57 bits per heavy atom. The first-order valence-electron chi connectivity index (χ1n) is 3.39. The molecular weight excluding hydrogens is 221 g/mol. The number of rotatable bonds is 1. The Kier molecular flexibility index (Phi) is 2.65. The molecule has 0 saturated carbocycles. The summed E-state index contributed by atoms with van der Waals surface area (Å²) in [6, 6.07) is -2.26. The van der Waals surface area contributed by atoms with Gasteiger partial charge in [0.2, 0.25) is 0 Å². The van der Waals surface area contributed by atoms with E-state index in [2.05, 4.69) is 17.5 Å². The van der Waals surface area contributed by atoms with Gasteiger partial charge in [-0.25, -0.2) is 4.79 Å². The minimum absolute atomic E-state index is 0.252. The van der Waals surface area contributed by atoms with Gasteiger partial charge in [-0.15, -0.1) is 0 Å². The van der Waals surface area contributed by atoms with Crippen LogP contribution in [0.4, 0.5) is 13.2 Å². The van der Waals surface area contributed by atoms with E-state index >= 15 is 0 Å². The molecular formula is C6H5F3N2O2S. The van der Waals surface area contributed by atoms with Crippen molar-refractivity contribution >= 4 is 23.3 Å². The molecule has 1 atom stereocenters. The van der Waals surface area contributed by atoms with Crippen molar-refractivity contribution in [2.24, 2.45) is 0 Å². The molecule has 1 aliphatic rings. The van der Waals surface area contributed by atoms with Gasteiger partial charge in [0, 0.05) is 6.20 Å². The van der Waals surface area contributed by atoms with Gasteiger partial charge < -0.3 is 15.7 Å². The first-order chi connectivity index (χ1) is 6.32. The van der Waals surface area contributed by atoms with Crippen molar-refractivity contribution in [2.75, 3.05) is 0 Å².